The Balaban J connectivity index is -0.0000000883. The van der Waals surface area contributed by atoms with Crippen molar-refractivity contribution >= 4 is 5.91 Å². The molecule has 0 rings (SSSR count). The molecule has 0 saturated carbocycles. The molecule has 0 aliphatic heterocycles. The SMILES string of the molecule is CC(=O)NCCN.CCCN.COCCN.NCCO. The minimum atomic E-state index is -0.0227. The van der Waals surface area contributed by atoms with Gasteiger partial charge in [-0.25, -0.2) is 0 Å². The molecule has 126 valence electrons. The normalized spacial score (nSPS) is 8.00. The fourth-order valence-corrected chi connectivity index (χ4v) is 0.366. The van der Waals surface area contributed by atoms with Crippen LogP contribution in [0.1, 0.15) is 20.3 Å². The Labute approximate surface area is 123 Å². The molecule has 0 bridgehead atoms. The molecule has 0 atom stereocenters. The van der Waals surface area contributed by atoms with Crippen molar-refractivity contribution in [3.63, 3.8) is 0 Å². The van der Waals surface area contributed by atoms with Gasteiger partial charge in [0.05, 0.1) is 13.2 Å². The Morgan fingerprint density at radius 2 is 1.55 bits per heavy atom. The highest BCUT2D eigenvalue weighted by Crippen LogP contribution is 1.57. The molecule has 0 saturated heterocycles. The van der Waals surface area contributed by atoms with Crippen molar-refractivity contribution in [2.45, 2.75) is 20.3 Å². The Morgan fingerprint density at radius 1 is 1.10 bits per heavy atom. The molecule has 10 N–H and O–H groups in total. The van der Waals surface area contributed by atoms with Crippen molar-refractivity contribution in [1.82, 2.24) is 5.32 Å². The van der Waals surface area contributed by atoms with E-state index >= 15 is 0 Å². The second kappa shape index (κ2) is 36.2. The van der Waals surface area contributed by atoms with E-state index in [0.717, 1.165) is 13.0 Å². The van der Waals surface area contributed by atoms with E-state index in [-0.39, 0.29) is 12.5 Å². The summed E-state index contributed by atoms with van der Waals surface area (Å²) in [6.07, 6.45) is 1.10. The zero-order valence-electron chi connectivity index (χ0n) is 13.2. The maximum Gasteiger partial charge on any atom is 0.216 e. The Morgan fingerprint density at radius 3 is 1.60 bits per heavy atom. The van der Waals surface area contributed by atoms with Gasteiger partial charge >= 0.3 is 0 Å². The number of hydrogen-bond donors (Lipinski definition) is 6. The summed E-state index contributed by atoms with van der Waals surface area (Å²) in [7, 11) is 1.63. The van der Waals surface area contributed by atoms with Gasteiger partial charge in [-0.05, 0) is 13.0 Å². The second-order valence-electron chi connectivity index (χ2n) is 3.35. The van der Waals surface area contributed by atoms with Gasteiger partial charge in [0.2, 0.25) is 5.91 Å². The van der Waals surface area contributed by atoms with Gasteiger partial charge in [0.25, 0.3) is 0 Å². The minimum Gasteiger partial charge on any atom is -0.395 e. The van der Waals surface area contributed by atoms with Crippen LogP contribution >= 0.6 is 0 Å². The number of aliphatic hydroxyl groups excluding tert-OH is 1. The molecule has 0 spiro atoms. The van der Waals surface area contributed by atoms with Crippen molar-refractivity contribution in [2.75, 3.05) is 53.0 Å². The molecule has 0 aromatic carbocycles. The number of carbonyl (C=O) groups excluding carboxylic acids is 1. The molecule has 1 amide bonds. The number of rotatable bonds is 6. The number of nitrogens with two attached hydrogens (primary N) is 4. The summed E-state index contributed by atoms with van der Waals surface area (Å²) in [4.78, 5) is 10.0. The van der Waals surface area contributed by atoms with Crippen molar-refractivity contribution < 1.29 is 14.6 Å². The van der Waals surface area contributed by atoms with E-state index in [0.29, 0.717) is 32.8 Å². The Bertz CT molecular complexity index is 141. The van der Waals surface area contributed by atoms with E-state index < -0.39 is 0 Å². The Hall–Kier alpha value is -0.770. The van der Waals surface area contributed by atoms with Crippen LogP contribution in [0.3, 0.4) is 0 Å². The third-order valence-electron chi connectivity index (χ3n) is 1.26. The van der Waals surface area contributed by atoms with Gasteiger partial charge in [0.15, 0.2) is 0 Å². The van der Waals surface area contributed by atoms with Gasteiger partial charge in [0.1, 0.15) is 0 Å². The van der Waals surface area contributed by atoms with E-state index in [9.17, 15) is 4.79 Å². The molecule has 0 aromatic rings. The topological polar surface area (TPSA) is 163 Å². The fourth-order valence-electron chi connectivity index (χ4n) is 0.366. The van der Waals surface area contributed by atoms with Crippen LogP contribution < -0.4 is 28.3 Å². The first-order valence-corrected chi connectivity index (χ1v) is 6.66. The number of ether oxygens (including phenoxy) is 1. The largest absolute Gasteiger partial charge is 0.395 e. The van der Waals surface area contributed by atoms with Gasteiger partial charge in [0, 0.05) is 40.2 Å². The van der Waals surface area contributed by atoms with Crippen LogP contribution in [0.15, 0.2) is 0 Å². The lowest BCUT2D eigenvalue weighted by atomic mass is 10.5. The van der Waals surface area contributed by atoms with Crippen LogP contribution in [0.25, 0.3) is 0 Å². The van der Waals surface area contributed by atoms with Crippen molar-refractivity contribution in [3.8, 4) is 0 Å². The van der Waals surface area contributed by atoms with Gasteiger partial charge in [-0.2, -0.15) is 0 Å². The smallest absolute Gasteiger partial charge is 0.216 e. The zero-order valence-corrected chi connectivity index (χ0v) is 13.2. The first kappa shape index (κ1) is 27.6. The third-order valence-corrected chi connectivity index (χ3v) is 1.26. The third kappa shape index (κ3) is 86.8. The van der Waals surface area contributed by atoms with Crippen molar-refractivity contribution in [1.29, 1.82) is 0 Å². The average Bonchev–Trinajstić information content (AvgIpc) is 2.47. The first-order chi connectivity index (χ1) is 9.51. The molecule has 8 nitrogen and oxygen atoms in total. The molecular formula is C12H35N5O3. The lowest BCUT2D eigenvalue weighted by molar-refractivity contribution is -0.118. The number of nitrogens with one attached hydrogen (secondary N) is 1. The fraction of sp³-hybridized carbons (Fsp3) is 0.917. The zero-order chi connectivity index (χ0) is 16.6. The Kier molecular flexibility index (Phi) is 49.8. The predicted octanol–water partition coefficient (Wildman–Crippen LogP) is -2.03. The van der Waals surface area contributed by atoms with Crippen LogP contribution in [-0.2, 0) is 9.53 Å². The highest BCUT2D eigenvalue weighted by Gasteiger charge is 1.83. The maximum atomic E-state index is 10.0. The summed E-state index contributed by atoms with van der Waals surface area (Å²) in [6.45, 7) is 7.20. The maximum absolute atomic E-state index is 10.0. The molecule has 0 fully saturated rings. The predicted molar refractivity (Wildman–Crippen MR) is 84.2 cm³/mol. The molecule has 0 aliphatic rings. The first-order valence-electron chi connectivity index (χ1n) is 6.66. The lowest BCUT2D eigenvalue weighted by Gasteiger charge is -1.93. The summed E-state index contributed by atoms with van der Waals surface area (Å²) >= 11 is 0. The highest BCUT2D eigenvalue weighted by molar-refractivity contribution is 5.72. The summed E-state index contributed by atoms with van der Waals surface area (Å²) in [5.74, 6) is -0.0227. The summed E-state index contributed by atoms with van der Waals surface area (Å²) in [6, 6.07) is 0. The summed E-state index contributed by atoms with van der Waals surface area (Å²) < 4.78 is 4.57. The monoisotopic (exact) mass is 297 g/mol. The quantitative estimate of drug-likeness (QED) is 0.329. The standard InChI is InChI=1S/C4H10N2O.C3H9NO.C3H9N.C2H7NO/c1-4(7)6-3-2-5;1-5-3-2-4;1-2-3-4;3-1-2-4/h2-3,5H2,1H3,(H,6,7);2-4H2,1H3;2-4H2,1H3;4H,1-3H2. The van der Waals surface area contributed by atoms with Crippen LogP contribution in [0.2, 0.25) is 0 Å². The van der Waals surface area contributed by atoms with Crippen molar-refractivity contribution in [2.24, 2.45) is 22.9 Å². The molecule has 0 heterocycles. The van der Waals surface area contributed by atoms with Crippen LogP contribution in [0.4, 0.5) is 0 Å². The number of carbonyl (C=O) groups is 1. The van der Waals surface area contributed by atoms with Gasteiger partial charge in [-0.1, -0.05) is 6.92 Å². The van der Waals surface area contributed by atoms with Crippen LogP contribution in [0.5, 0.6) is 0 Å². The summed E-state index contributed by atoms with van der Waals surface area (Å²) in [5, 5.41) is 10.3. The minimum absolute atomic E-state index is 0.0227. The number of aliphatic hydroxyl groups is 1. The molecule has 0 aliphatic carbocycles. The van der Waals surface area contributed by atoms with Gasteiger partial charge in [-0.15, -0.1) is 0 Å². The lowest BCUT2D eigenvalue weighted by Crippen LogP contribution is -2.26. The van der Waals surface area contributed by atoms with E-state index in [4.69, 9.17) is 28.0 Å². The summed E-state index contributed by atoms with van der Waals surface area (Å²) in [5.41, 5.74) is 19.9. The van der Waals surface area contributed by atoms with E-state index in [1.807, 2.05) is 0 Å². The van der Waals surface area contributed by atoms with Gasteiger partial charge < -0.3 is 38.1 Å². The number of methoxy groups -OCH3 is 1. The van der Waals surface area contributed by atoms with Crippen molar-refractivity contribution in [3.05, 3.63) is 0 Å². The molecular weight excluding hydrogens is 262 g/mol. The second-order valence-corrected chi connectivity index (χ2v) is 3.35. The van der Waals surface area contributed by atoms with Crippen LogP contribution in [0, 0.1) is 0 Å². The van der Waals surface area contributed by atoms with E-state index in [2.05, 4.69) is 17.0 Å². The molecule has 0 aromatic heterocycles. The molecule has 0 radical (unpaired) electrons. The number of amides is 1. The highest BCUT2D eigenvalue weighted by atomic mass is 16.5. The molecule has 0 unspecified atom stereocenters. The molecule has 20 heavy (non-hydrogen) atoms. The number of hydrogen-bond acceptors (Lipinski definition) is 7. The molecule has 8 heteroatoms. The van der Waals surface area contributed by atoms with E-state index in [1.54, 1.807) is 7.11 Å². The average molecular weight is 297 g/mol. The van der Waals surface area contributed by atoms with E-state index in [1.165, 1.54) is 6.92 Å². The van der Waals surface area contributed by atoms with Gasteiger partial charge in [-0.3, -0.25) is 4.79 Å². The van der Waals surface area contributed by atoms with Crippen LogP contribution in [-0.4, -0.2) is 64.1 Å².